The highest BCUT2D eigenvalue weighted by Gasteiger charge is 2.35. The van der Waals surface area contributed by atoms with Crippen LogP contribution in [0.15, 0.2) is 24.3 Å². The van der Waals surface area contributed by atoms with Gasteiger partial charge in [-0.3, -0.25) is 4.79 Å². The number of hydrogen-bond acceptors (Lipinski definition) is 1. The van der Waals surface area contributed by atoms with Crippen LogP contribution in [0.2, 0.25) is 0 Å². The van der Waals surface area contributed by atoms with Gasteiger partial charge >= 0.3 is 0 Å². The van der Waals surface area contributed by atoms with Gasteiger partial charge in [0.1, 0.15) is 0 Å². The van der Waals surface area contributed by atoms with E-state index in [9.17, 15) is 4.79 Å². The van der Waals surface area contributed by atoms with Gasteiger partial charge in [0.15, 0.2) is 0 Å². The van der Waals surface area contributed by atoms with Crippen molar-refractivity contribution in [2.24, 2.45) is 0 Å². The molecule has 0 saturated carbocycles. The summed E-state index contributed by atoms with van der Waals surface area (Å²) in [7, 11) is -0.248. The second kappa shape index (κ2) is 7.56. The Balaban J connectivity index is 2.29. The molecular formula is C21H34NOP. The van der Waals surface area contributed by atoms with E-state index in [1.165, 1.54) is 12.0 Å². The van der Waals surface area contributed by atoms with Crippen LogP contribution in [0.1, 0.15) is 76.7 Å². The Kier molecular flexibility index (Phi) is 6.13. The van der Waals surface area contributed by atoms with Gasteiger partial charge in [-0.05, 0) is 47.4 Å². The van der Waals surface area contributed by atoms with Gasteiger partial charge in [-0.1, -0.05) is 67.7 Å². The predicted octanol–water partition coefficient (Wildman–Crippen LogP) is 5.89. The van der Waals surface area contributed by atoms with Gasteiger partial charge in [0.05, 0.1) is 0 Å². The highest BCUT2D eigenvalue weighted by atomic mass is 31.1. The summed E-state index contributed by atoms with van der Waals surface area (Å²) < 4.78 is 0. The van der Waals surface area contributed by atoms with E-state index < -0.39 is 0 Å². The fourth-order valence-corrected chi connectivity index (χ4v) is 7.36. The van der Waals surface area contributed by atoms with Crippen molar-refractivity contribution in [3.05, 3.63) is 35.4 Å². The van der Waals surface area contributed by atoms with Gasteiger partial charge in [0, 0.05) is 18.7 Å². The van der Waals surface area contributed by atoms with E-state index in [0.29, 0.717) is 0 Å². The molecule has 24 heavy (non-hydrogen) atoms. The quantitative estimate of drug-likeness (QED) is 0.624. The minimum Gasteiger partial charge on any atom is -0.339 e. The van der Waals surface area contributed by atoms with Crippen LogP contribution in [-0.4, -0.2) is 34.2 Å². The molecule has 1 aromatic rings. The largest absolute Gasteiger partial charge is 0.339 e. The third-order valence-corrected chi connectivity index (χ3v) is 8.73. The standard InChI is InChI=1S/C21H34NOP/c1-20(2,3)24(21(4,5)6)16-17-12-8-9-13-18(17)19(23)22-14-10-7-11-15-22/h8-9,12-13H,7,10-11,14-16H2,1-6H3. The van der Waals surface area contributed by atoms with Crippen molar-refractivity contribution in [3.8, 4) is 0 Å². The molecule has 2 rings (SSSR count). The smallest absolute Gasteiger partial charge is 0.254 e. The van der Waals surface area contributed by atoms with Crippen LogP contribution >= 0.6 is 7.92 Å². The normalized spacial score (nSPS) is 16.5. The molecule has 1 heterocycles. The van der Waals surface area contributed by atoms with E-state index in [2.05, 4.69) is 58.6 Å². The molecule has 0 radical (unpaired) electrons. The van der Waals surface area contributed by atoms with Gasteiger partial charge in [-0.2, -0.15) is 0 Å². The summed E-state index contributed by atoms with van der Waals surface area (Å²) in [5.74, 6) is 0.239. The molecule has 3 heteroatoms. The van der Waals surface area contributed by atoms with Crippen molar-refractivity contribution < 1.29 is 4.79 Å². The summed E-state index contributed by atoms with van der Waals surface area (Å²) >= 11 is 0. The summed E-state index contributed by atoms with van der Waals surface area (Å²) in [4.78, 5) is 15.1. The molecule has 1 fully saturated rings. The van der Waals surface area contributed by atoms with Crippen molar-refractivity contribution in [2.75, 3.05) is 13.1 Å². The maximum Gasteiger partial charge on any atom is 0.254 e. The van der Waals surface area contributed by atoms with Gasteiger partial charge < -0.3 is 4.90 Å². The number of likely N-dealkylation sites (tertiary alicyclic amines) is 1. The second-order valence-electron chi connectivity index (χ2n) is 8.94. The Morgan fingerprint density at radius 2 is 1.50 bits per heavy atom. The van der Waals surface area contributed by atoms with E-state index >= 15 is 0 Å². The Morgan fingerprint density at radius 1 is 0.958 bits per heavy atom. The van der Waals surface area contributed by atoms with Gasteiger partial charge in [-0.25, -0.2) is 0 Å². The number of hydrogen-bond donors (Lipinski definition) is 0. The Morgan fingerprint density at radius 3 is 2.04 bits per heavy atom. The monoisotopic (exact) mass is 347 g/mol. The summed E-state index contributed by atoms with van der Waals surface area (Å²) in [6.45, 7) is 15.9. The number of rotatable bonds is 3. The number of carbonyl (C=O) groups excluding carboxylic acids is 1. The third-order valence-electron chi connectivity index (χ3n) is 4.84. The molecule has 2 nitrogen and oxygen atoms in total. The van der Waals surface area contributed by atoms with E-state index in [1.807, 2.05) is 12.1 Å². The van der Waals surface area contributed by atoms with E-state index in [-0.39, 0.29) is 24.1 Å². The van der Waals surface area contributed by atoms with Crippen LogP contribution in [0.3, 0.4) is 0 Å². The summed E-state index contributed by atoms with van der Waals surface area (Å²) in [5, 5.41) is 0.545. The molecule has 0 unspecified atom stereocenters. The molecule has 1 aliphatic rings. The highest BCUT2D eigenvalue weighted by Crippen LogP contribution is 2.61. The topological polar surface area (TPSA) is 20.3 Å². The molecule has 1 saturated heterocycles. The first-order valence-electron chi connectivity index (χ1n) is 9.25. The molecule has 0 N–H and O–H groups in total. The maximum atomic E-state index is 13.0. The number of benzene rings is 1. The van der Waals surface area contributed by atoms with Crippen LogP contribution in [0.25, 0.3) is 0 Å². The van der Waals surface area contributed by atoms with E-state index in [4.69, 9.17) is 0 Å². The van der Waals surface area contributed by atoms with Gasteiger partial charge in [-0.15, -0.1) is 0 Å². The van der Waals surface area contributed by atoms with Gasteiger partial charge in [0.25, 0.3) is 5.91 Å². The number of amides is 1. The van der Waals surface area contributed by atoms with Crippen LogP contribution in [0.5, 0.6) is 0 Å². The van der Waals surface area contributed by atoms with Crippen molar-refractivity contribution in [2.45, 2.75) is 77.3 Å². The van der Waals surface area contributed by atoms with Crippen molar-refractivity contribution in [1.29, 1.82) is 0 Å². The molecule has 1 aromatic carbocycles. The van der Waals surface area contributed by atoms with E-state index in [1.54, 1.807) is 0 Å². The Labute approximate surface area is 149 Å². The number of nitrogens with zero attached hydrogens (tertiary/aromatic N) is 1. The van der Waals surface area contributed by atoms with Crippen LogP contribution < -0.4 is 0 Å². The molecule has 0 aliphatic carbocycles. The molecule has 0 spiro atoms. The maximum absolute atomic E-state index is 13.0. The fourth-order valence-electron chi connectivity index (χ4n) is 3.79. The minimum absolute atomic E-state index is 0.239. The van der Waals surface area contributed by atoms with E-state index in [0.717, 1.165) is 37.7 Å². The summed E-state index contributed by atoms with van der Waals surface area (Å²) in [6, 6.07) is 8.30. The molecule has 1 amide bonds. The number of piperidine rings is 1. The first kappa shape index (κ1) is 19.4. The minimum atomic E-state index is -0.248. The average Bonchev–Trinajstić information content (AvgIpc) is 2.51. The molecular weight excluding hydrogens is 313 g/mol. The van der Waals surface area contributed by atoms with Crippen molar-refractivity contribution in [1.82, 2.24) is 4.90 Å². The van der Waals surface area contributed by atoms with Crippen LogP contribution in [0.4, 0.5) is 0 Å². The Hall–Kier alpha value is -0.880. The van der Waals surface area contributed by atoms with Crippen LogP contribution in [-0.2, 0) is 6.16 Å². The molecule has 0 bridgehead atoms. The second-order valence-corrected chi connectivity index (χ2v) is 12.8. The van der Waals surface area contributed by atoms with Crippen LogP contribution in [0, 0.1) is 0 Å². The molecule has 134 valence electrons. The highest BCUT2D eigenvalue weighted by molar-refractivity contribution is 7.60. The molecule has 0 aromatic heterocycles. The summed E-state index contributed by atoms with van der Waals surface area (Å²) in [6.07, 6.45) is 4.57. The lowest BCUT2D eigenvalue weighted by Gasteiger charge is -2.42. The first-order chi connectivity index (χ1) is 11.1. The zero-order valence-corrected chi connectivity index (χ0v) is 17.2. The van der Waals surface area contributed by atoms with Crippen molar-refractivity contribution >= 4 is 13.8 Å². The zero-order valence-electron chi connectivity index (χ0n) is 16.4. The Bertz CT molecular complexity index is 548. The van der Waals surface area contributed by atoms with Gasteiger partial charge in [0.2, 0.25) is 0 Å². The molecule has 1 aliphatic heterocycles. The third kappa shape index (κ3) is 4.82. The van der Waals surface area contributed by atoms with Crippen molar-refractivity contribution in [3.63, 3.8) is 0 Å². The lowest BCUT2D eigenvalue weighted by molar-refractivity contribution is 0.0723. The SMILES string of the molecule is CC(C)(C)P(Cc1ccccc1C(=O)N1CCCCC1)C(C)(C)C. The number of carbonyl (C=O) groups is 1. The zero-order chi connectivity index (χ0) is 18.0. The average molecular weight is 347 g/mol. The predicted molar refractivity (Wildman–Crippen MR) is 106 cm³/mol. The lowest BCUT2D eigenvalue weighted by Crippen LogP contribution is -2.36. The molecule has 0 atom stereocenters. The first-order valence-corrected chi connectivity index (χ1v) is 10.8. The summed E-state index contributed by atoms with van der Waals surface area (Å²) in [5.41, 5.74) is 2.17. The fraction of sp³-hybridized carbons (Fsp3) is 0.667. The lowest BCUT2D eigenvalue weighted by atomic mass is 10.1.